The van der Waals surface area contributed by atoms with Gasteiger partial charge in [-0.3, -0.25) is 9.59 Å². The lowest BCUT2D eigenvalue weighted by Gasteiger charge is -2.15. The van der Waals surface area contributed by atoms with Crippen LogP contribution >= 0.6 is 11.3 Å². The van der Waals surface area contributed by atoms with Gasteiger partial charge in [-0.2, -0.15) is 0 Å². The number of ketones is 1. The van der Waals surface area contributed by atoms with Gasteiger partial charge in [0, 0.05) is 10.1 Å². The molecule has 0 aliphatic carbocycles. The second-order valence-corrected chi connectivity index (χ2v) is 6.13. The van der Waals surface area contributed by atoms with Crippen LogP contribution < -0.4 is 5.43 Å². The van der Waals surface area contributed by atoms with Crippen molar-refractivity contribution in [2.75, 3.05) is 0 Å². The van der Waals surface area contributed by atoms with Gasteiger partial charge in [0.05, 0.1) is 11.5 Å². The van der Waals surface area contributed by atoms with Crippen molar-refractivity contribution in [1.82, 2.24) is 0 Å². The molecule has 2 aromatic carbocycles. The molecule has 3 aromatic rings. The van der Waals surface area contributed by atoms with Crippen molar-refractivity contribution in [1.29, 1.82) is 0 Å². The summed E-state index contributed by atoms with van der Waals surface area (Å²) in [6.45, 7) is 1.44. The number of hydrogen-bond acceptors (Lipinski definition) is 4. The van der Waals surface area contributed by atoms with Crippen molar-refractivity contribution in [3.8, 4) is 5.06 Å². The minimum absolute atomic E-state index is 0.0900. The predicted octanol–water partition coefficient (Wildman–Crippen LogP) is 3.69. The average molecular weight is 310 g/mol. The van der Waals surface area contributed by atoms with Gasteiger partial charge >= 0.3 is 0 Å². The fourth-order valence-electron chi connectivity index (χ4n) is 2.65. The van der Waals surface area contributed by atoms with Gasteiger partial charge in [0.25, 0.3) is 0 Å². The van der Waals surface area contributed by atoms with Crippen molar-refractivity contribution in [2.45, 2.75) is 12.8 Å². The minimum Gasteiger partial charge on any atom is -0.499 e. The third-order valence-electron chi connectivity index (χ3n) is 3.64. The second kappa shape index (κ2) is 5.73. The Labute approximate surface area is 131 Å². The van der Waals surface area contributed by atoms with Crippen LogP contribution in [0.15, 0.2) is 59.4 Å². The van der Waals surface area contributed by atoms with Gasteiger partial charge in [0.15, 0.2) is 10.5 Å². The van der Waals surface area contributed by atoms with Crippen molar-refractivity contribution in [3.63, 3.8) is 0 Å². The lowest BCUT2D eigenvalue weighted by atomic mass is 9.89. The first-order valence-corrected chi connectivity index (χ1v) is 7.71. The fourth-order valence-corrected chi connectivity index (χ4v) is 3.60. The maximum atomic E-state index is 12.8. The van der Waals surface area contributed by atoms with Gasteiger partial charge < -0.3 is 5.11 Å². The SMILES string of the molecule is CC(=O)[C@@H](c1ccccc1)c1c(O)sc2ccccc2c1=O. The summed E-state index contributed by atoms with van der Waals surface area (Å²) in [4.78, 5) is 24.9. The highest BCUT2D eigenvalue weighted by molar-refractivity contribution is 7.20. The molecule has 4 heteroatoms. The molecule has 1 N–H and O–H groups in total. The number of Topliss-reactive ketones (excluding diaryl/α,β-unsaturated/α-hetero) is 1. The van der Waals surface area contributed by atoms with Gasteiger partial charge in [-0.1, -0.05) is 53.8 Å². The van der Waals surface area contributed by atoms with Crippen LogP contribution in [-0.4, -0.2) is 10.9 Å². The molecule has 0 aliphatic rings. The first-order chi connectivity index (χ1) is 10.6. The standard InChI is InChI=1S/C18H14O3S/c1-11(19)15(12-7-3-2-4-8-12)16-17(20)13-9-5-6-10-14(13)22-18(16)21/h2-10,15,21H,1H3/t15-/m0/s1. The van der Waals surface area contributed by atoms with Gasteiger partial charge in [-0.15, -0.1) is 0 Å². The highest BCUT2D eigenvalue weighted by atomic mass is 32.1. The molecule has 0 radical (unpaired) electrons. The van der Waals surface area contributed by atoms with E-state index in [4.69, 9.17) is 0 Å². The normalized spacial score (nSPS) is 12.2. The molecule has 0 unspecified atom stereocenters. The van der Waals surface area contributed by atoms with Crippen LogP contribution in [0.1, 0.15) is 24.0 Å². The van der Waals surface area contributed by atoms with E-state index in [9.17, 15) is 14.7 Å². The summed E-state index contributed by atoms with van der Waals surface area (Å²) in [5.41, 5.74) is 0.600. The Morgan fingerprint density at radius 2 is 1.68 bits per heavy atom. The van der Waals surface area contributed by atoms with E-state index in [1.54, 1.807) is 30.3 Å². The maximum Gasteiger partial charge on any atom is 0.196 e. The molecule has 22 heavy (non-hydrogen) atoms. The fraction of sp³-hybridized carbons (Fsp3) is 0.111. The highest BCUT2D eigenvalue weighted by Gasteiger charge is 2.26. The molecular weight excluding hydrogens is 296 g/mol. The summed E-state index contributed by atoms with van der Waals surface area (Å²) in [5, 5.41) is 10.8. The lowest BCUT2D eigenvalue weighted by molar-refractivity contribution is -0.117. The highest BCUT2D eigenvalue weighted by Crippen LogP contribution is 2.35. The summed E-state index contributed by atoms with van der Waals surface area (Å²) in [7, 11) is 0. The Bertz CT molecular complexity index is 897. The van der Waals surface area contributed by atoms with Crippen LogP contribution in [-0.2, 0) is 4.79 Å². The molecule has 0 bridgehead atoms. The zero-order valence-corrected chi connectivity index (χ0v) is 12.8. The van der Waals surface area contributed by atoms with E-state index in [0.29, 0.717) is 15.6 Å². The number of fused-ring (bicyclic) bond motifs is 1. The minimum atomic E-state index is -0.741. The summed E-state index contributed by atoms with van der Waals surface area (Å²) in [6.07, 6.45) is 0. The molecule has 0 fully saturated rings. The molecule has 0 saturated heterocycles. The molecule has 1 heterocycles. The van der Waals surface area contributed by atoms with Gasteiger partial charge in [-0.05, 0) is 24.6 Å². The van der Waals surface area contributed by atoms with Gasteiger partial charge in [0.1, 0.15) is 5.78 Å². The molecule has 0 amide bonds. The largest absolute Gasteiger partial charge is 0.499 e. The monoisotopic (exact) mass is 310 g/mol. The van der Waals surface area contributed by atoms with Gasteiger partial charge in [0.2, 0.25) is 0 Å². The third kappa shape index (κ3) is 2.42. The van der Waals surface area contributed by atoms with Crippen molar-refractivity contribution >= 4 is 27.2 Å². The van der Waals surface area contributed by atoms with E-state index < -0.39 is 5.92 Å². The Hall–Kier alpha value is -2.46. The number of rotatable bonds is 3. The van der Waals surface area contributed by atoms with Crippen LogP contribution in [0.25, 0.3) is 10.1 Å². The molecule has 1 aromatic heterocycles. The first-order valence-electron chi connectivity index (χ1n) is 6.89. The quantitative estimate of drug-likeness (QED) is 0.802. The van der Waals surface area contributed by atoms with Crippen LogP contribution in [0.2, 0.25) is 0 Å². The topological polar surface area (TPSA) is 54.4 Å². The molecule has 3 nitrogen and oxygen atoms in total. The van der Waals surface area contributed by atoms with E-state index in [1.807, 2.05) is 24.3 Å². The molecule has 1 atom stereocenters. The number of hydrogen-bond donors (Lipinski definition) is 1. The van der Waals surface area contributed by atoms with Crippen molar-refractivity contribution in [3.05, 3.63) is 75.9 Å². The van der Waals surface area contributed by atoms with Crippen molar-refractivity contribution < 1.29 is 9.90 Å². The molecule has 0 aliphatic heterocycles. The van der Waals surface area contributed by atoms with E-state index in [-0.39, 0.29) is 21.8 Å². The van der Waals surface area contributed by atoms with Crippen molar-refractivity contribution in [2.24, 2.45) is 0 Å². The number of aromatic hydroxyl groups is 1. The van der Waals surface area contributed by atoms with Crippen LogP contribution in [0.4, 0.5) is 0 Å². The van der Waals surface area contributed by atoms with E-state index in [2.05, 4.69) is 0 Å². The average Bonchev–Trinajstić information content (AvgIpc) is 2.52. The maximum absolute atomic E-state index is 12.8. The Balaban J connectivity index is 2.32. The lowest BCUT2D eigenvalue weighted by Crippen LogP contribution is -2.19. The summed E-state index contributed by atoms with van der Waals surface area (Å²) >= 11 is 1.13. The Morgan fingerprint density at radius 3 is 2.36 bits per heavy atom. The smallest absolute Gasteiger partial charge is 0.196 e. The number of benzene rings is 2. The summed E-state index contributed by atoms with van der Waals surface area (Å²) in [5.74, 6) is -0.907. The van der Waals surface area contributed by atoms with Crippen LogP contribution in [0.5, 0.6) is 5.06 Å². The molecule has 3 rings (SSSR count). The summed E-state index contributed by atoms with van der Waals surface area (Å²) in [6, 6.07) is 16.2. The molecule has 110 valence electrons. The predicted molar refractivity (Wildman–Crippen MR) is 88.7 cm³/mol. The van der Waals surface area contributed by atoms with Crippen LogP contribution in [0.3, 0.4) is 0 Å². The van der Waals surface area contributed by atoms with E-state index in [1.165, 1.54) is 6.92 Å². The zero-order chi connectivity index (χ0) is 15.7. The Morgan fingerprint density at radius 1 is 1.05 bits per heavy atom. The third-order valence-corrected chi connectivity index (χ3v) is 4.63. The summed E-state index contributed by atoms with van der Waals surface area (Å²) < 4.78 is 0.712. The number of carbonyl (C=O) groups is 1. The molecule has 0 spiro atoms. The molecular formula is C18H14O3S. The van der Waals surface area contributed by atoms with E-state index in [0.717, 1.165) is 11.3 Å². The van der Waals surface area contributed by atoms with E-state index >= 15 is 0 Å². The van der Waals surface area contributed by atoms with Gasteiger partial charge in [-0.25, -0.2) is 0 Å². The second-order valence-electron chi connectivity index (χ2n) is 5.10. The number of carbonyl (C=O) groups excluding carboxylic acids is 1. The Kier molecular flexibility index (Phi) is 3.77. The molecule has 0 saturated carbocycles. The zero-order valence-electron chi connectivity index (χ0n) is 11.9. The van der Waals surface area contributed by atoms with Crippen LogP contribution in [0, 0.1) is 0 Å². The first kappa shape index (κ1) is 14.5.